The van der Waals surface area contributed by atoms with Crippen LogP contribution in [0.5, 0.6) is 0 Å². The van der Waals surface area contributed by atoms with E-state index < -0.39 is 43.6 Å². The monoisotopic (exact) mass is 237 g/mol. The summed E-state index contributed by atoms with van der Waals surface area (Å²) in [7, 11) is 1.27. The fraction of sp³-hybridized carbons (Fsp3) is 0.889. The molecule has 1 heterocycles. The third kappa shape index (κ3) is 2.89. The molecule has 1 saturated heterocycles. The Morgan fingerprint density at radius 2 is 2.06 bits per heavy atom. The number of methoxy groups -OCH3 is 1. The Kier molecular flexibility index (Phi) is 4.08. The highest BCUT2D eigenvalue weighted by atomic mass is 16.7. The van der Waals surface area contributed by atoms with Crippen LogP contribution < -0.4 is 0 Å². The molecule has 1 rings (SSSR count). The van der Waals surface area contributed by atoms with Gasteiger partial charge in [-0.15, -0.1) is 0 Å². The zero-order valence-electron chi connectivity index (χ0n) is 9.78. The van der Waals surface area contributed by atoms with Gasteiger partial charge >= 0.3 is 5.97 Å². The number of esters is 1. The highest BCUT2D eigenvalue weighted by Gasteiger charge is 2.44. The molecule has 0 bridgehead atoms. The number of ether oxygens (including phenoxy) is 3. The molecule has 1 aliphatic heterocycles. The normalized spacial score (nSPS) is 40.2. The van der Waals surface area contributed by atoms with Crippen LogP contribution >= 0.6 is 0 Å². The topological polar surface area (TPSA) is 105 Å². The van der Waals surface area contributed by atoms with Crippen molar-refractivity contribution in [2.75, 3.05) is 13.7 Å². The summed E-state index contributed by atoms with van der Waals surface area (Å²) in [5.41, 5.74) is 0. The first-order valence-electron chi connectivity index (χ1n) is 5.39. The minimum absolute atomic E-state index is 0.317. The Morgan fingerprint density at radius 1 is 1.38 bits per heavy atom. The molecule has 1 aliphatic rings. The van der Waals surface area contributed by atoms with Crippen LogP contribution in [0, 0.1) is 0 Å². The molecular weight excluding hydrogens is 220 g/mol. The molecule has 7 nitrogen and oxygen atoms in total. The van der Waals surface area contributed by atoms with E-state index in [9.17, 15) is 20.1 Å². The van der Waals surface area contributed by atoms with Crippen molar-refractivity contribution in [3.05, 3.63) is 0 Å². The van der Waals surface area contributed by atoms with E-state index in [-0.39, 0.29) is 6.61 Å². The van der Waals surface area contributed by atoms with Crippen molar-refractivity contribution in [2.24, 2.45) is 0 Å². The fourth-order valence-electron chi connectivity index (χ4n) is 1.42. The largest absolute Gasteiger partial charge is 0.463 e. The second-order valence-corrected chi connectivity index (χ2v) is 3.43. The van der Waals surface area contributed by atoms with E-state index in [4.69, 9.17) is 10.8 Å². The van der Waals surface area contributed by atoms with E-state index in [1.807, 2.05) is 0 Å². The lowest BCUT2D eigenvalue weighted by atomic mass is 9.99. The molecule has 5 atom stereocenters. The van der Waals surface area contributed by atoms with Gasteiger partial charge in [0.1, 0.15) is 31.0 Å². The minimum atomic E-state index is -1.45. The van der Waals surface area contributed by atoms with Crippen LogP contribution in [0.3, 0.4) is 0 Å². The lowest BCUT2D eigenvalue weighted by molar-refractivity contribution is -0.295. The standard InChI is InChI=1S/C9H16O7/c1-4(10)15-3-5-6(11)7(12)8(13)9(14-2)16-5/h5-9,11-13H,3H2,1-2H3/t5-,6-,7+,8-,9?/m1/s1/i1D. The van der Waals surface area contributed by atoms with Gasteiger partial charge in [-0.2, -0.15) is 0 Å². The second kappa shape index (κ2) is 5.55. The summed E-state index contributed by atoms with van der Waals surface area (Å²) in [4.78, 5) is 10.8. The molecule has 16 heavy (non-hydrogen) atoms. The number of rotatable bonds is 3. The van der Waals surface area contributed by atoms with Crippen molar-refractivity contribution in [3.63, 3.8) is 0 Å². The van der Waals surface area contributed by atoms with Crippen LogP contribution in [0.25, 0.3) is 0 Å². The van der Waals surface area contributed by atoms with Gasteiger partial charge in [-0.05, 0) is 0 Å². The Hall–Kier alpha value is -0.730. The van der Waals surface area contributed by atoms with Crippen molar-refractivity contribution >= 4 is 5.97 Å². The van der Waals surface area contributed by atoms with Crippen molar-refractivity contribution in [2.45, 2.75) is 37.6 Å². The number of aliphatic hydroxyl groups is 3. The highest BCUT2D eigenvalue weighted by Crippen LogP contribution is 2.21. The van der Waals surface area contributed by atoms with E-state index >= 15 is 0 Å². The molecule has 1 fully saturated rings. The van der Waals surface area contributed by atoms with Crippen LogP contribution in [0.4, 0.5) is 0 Å². The van der Waals surface area contributed by atoms with Gasteiger partial charge in [-0.1, -0.05) is 0 Å². The molecule has 0 aliphatic carbocycles. The lowest BCUT2D eigenvalue weighted by Crippen LogP contribution is -2.59. The molecule has 1 unspecified atom stereocenters. The van der Waals surface area contributed by atoms with Gasteiger partial charge in [-0.25, -0.2) is 0 Å². The van der Waals surface area contributed by atoms with E-state index in [0.717, 1.165) is 0 Å². The average molecular weight is 237 g/mol. The highest BCUT2D eigenvalue weighted by molar-refractivity contribution is 5.65. The average Bonchev–Trinajstić information content (AvgIpc) is 2.34. The number of carbonyl (C=O) groups is 1. The first-order chi connectivity index (χ1) is 8.01. The Labute approximate surface area is 93.9 Å². The van der Waals surface area contributed by atoms with E-state index in [2.05, 4.69) is 4.74 Å². The number of hydrogen-bond acceptors (Lipinski definition) is 7. The van der Waals surface area contributed by atoms with Gasteiger partial charge in [0.05, 0.1) is 0 Å². The van der Waals surface area contributed by atoms with Crippen molar-refractivity contribution in [1.29, 1.82) is 0 Å². The van der Waals surface area contributed by atoms with E-state index in [0.29, 0.717) is 0 Å². The SMILES string of the molecule is [2H]CC(=O)OC[C@H]1OC(OC)[C@H](O)[C@@H](O)[C@@H]1O. The summed E-state index contributed by atoms with van der Waals surface area (Å²) >= 11 is 0. The van der Waals surface area contributed by atoms with Crippen LogP contribution in [0.15, 0.2) is 0 Å². The van der Waals surface area contributed by atoms with Crippen LogP contribution in [-0.2, 0) is 19.0 Å². The van der Waals surface area contributed by atoms with Crippen molar-refractivity contribution in [3.8, 4) is 0 Å². The van der Waals surface area contributed by atoms with Gasteiger partial charge in [0.25, 0.3) is 0 Å². The summed E-state index contributed by atoms with van der Waals surface area (Å²) in [5.74, 6) is -0.768. The molecule has 0 aromatic carbocycles. The fourth-order valence-corrected chi connectivity index (χ4v) is 1.42. The summed E-state index contributed by atoms with van der Waals surface area (Å²) in [6.07, 6.45) is -6.33. The summed E-state index contributed by atoms with van der Waals surface area (Å²) < 4.78 is 21.2. The molecule has 7 heteroatoms. The molecular formula is C9H16O7. The summed E-state index contributed by atoms with van der Waals surface area (Å²) in [6.45, 7) is -0.857. The number of hydrogen-bond donors (Lipinski definition) is 3. The van der Waals surface area contributed by atoms with Gasteiger partial charge in [-0.3, -0.25) is 4.79 Å². The first kappa shape index (κ1) is 11.7. The van der Waals surface area contributed by atoms with Crippen molar-refractivity contribution in [1.82, 2.24) is 0 Å². The zero-order valence-corrected chi connectivity index (χ0v) is 8.78. The maximum absolute atomic E-state index is 10.8. The van der Waals surface area contributed by atoms with E-state index in [1.54, 1.807) is 0 Å². The van der Waals surface area contributed by atoms with Gasteiger partial charge in [0.2, 0.25) is 0 Å². The minimum Gasteiger partial charge on any atom is -0.463 e. The second-order valence-electron chi connectivity index (χ2n) is 3.43. The predicted molar refractivity (Wildman–Crippen MR) is 50.3 cm³/mol. The number of aliphatic hydroxyl groups excluding tert-OH is 3. The Balaban J connectivity index is 2.56. The van der Waals surface area contributed by atoms with Gasteiger partial charge in [0.15, 0.2) is 6.29 Å². The van der Waals surface area contributed by atoms with Crippen molar-refractivity contribution < 1.29 is 35.7 Å². The molecule has 0 radical (unpaired) electrons. The molecule has 0 spiro atoms. The number of carbonyl (C=O) groups excluding carboxylic acids is 1. The summed E-state index contributed by atoms with van der Waals surface area (Å²) in [5, 5.41) is 28.5. The van der Waals surface area contributed by atoms with Crippen LogP contribution in [-0.4, -0.2) is 65.7 Å². The zero-order chi connectivity index (χ0) is 13.0. The quantitative estimate of drug-likeness (QED) is 0.488. The molecule has 3 N–H and O–H groups in total. The Morgan fingerprint density at radius 3 is 2.62 bits per heavy atom. The third-order valence-electron chi connectivity index (χ3n) is 2.31. The third-order valence-corrected chi connectivity index (χ3v) is 2.31. The van der Waals surface area contributed by atoms with Gasteiger partial charge < -0.3 is 29.5 Å². The molecule has 0 aromatic heterocycles. The molecule has 0 aromatic rings. The Bertz CT molecular complexity index is 260. The molecule has 94 valence electrons. The molecule has 0 amide bonds. The lowest BCUT2D eigenvalue weighted by Gasteiger charge is -2.39. The summed E-state index contributed by atoms with van der Waals surface area (Å²) in [6, 6.07) is 0. The van der Waals surface area contributed by atoms with Crippen LogP contribution in [0.1, 0.15) is 8.27 Å². The smallest absolute Gasteiger partial charge is 0.302 e. The molecule has 0 saturated carbocycles. The van der Waals surface area contributed by atoms with Crippen LogP contribution in [0.2, 0.25) is 0 Å². The van der Waals surface area contributed by atoms with Gasteiger partial charge in [0, 0.05) is 15.4 Å². The van der Waals surface area contributed by atoms with E-state index in [1.165, 1.54) is 7.11 Å². The predicted octanol–water partition coefficient (Wildman–Crippen LogP) is -2.00. The maximum atomic E-state index is 10.8. The first-order valence-corrected chi connectivity index (χ1v) is 4.68. The maximum Gasteiger partial charge on any atom is 0.302 e.